The number of rotatable bonds is 4. The molecule has 0 amide bonds. The molecule has 1 saturated carbocycles. The Morgan fingerprint density at radius 3 is 2.71 bits per heavy atom. The van der Waals surface area contributed by atoms with Crippen molar-refractivity contribution in [2.45, 2.75) is 18.9 Å². The van der Waals surface area contributed by atoms with Gasteiger partial charge in [-0.15, -0.1) is 11.3 Å². The van der Waals surface area contributed by atoms with Crippen molar-refractivity contribution in [3.8, 4) is 0 Å². The van der Waals surface area contributed by atoms with Gasteiger partial charge in [0.25, 0.3) is 0 Å². The van der Waals surface area contributed by atoms with E-state index in [0.29, 0.717) is 5.92 Å². The van der Waals surface area contributed by atoms with Crippen LogP contribution in [0.5, 0.6) is 0 Å². The standard InChI is InChI=1S/C17H15FN2S/c18-13-5-3-12(4-6-13)17(11-1-2-11)20-14-7-8-15-16(9-14)21-10-19-15/h3-11,17,20H,1-2H2. The minimum absolute atomic E-state index is 0.181. The van der Waals surface area contributed by atoms with E-state index in [0.717, 1.165) is 16.8 Å². The van der Waals surface area contributed by atoms with Crippen LogP contribution in [0.2, 0.25) is 0 Å². The summed E-state index contributed by atoms with van der Waals surface area (Å²) in [7, 11) is 0. The number of nitrogens with zero attached hydrogens (tertiary/aromatic N) is 1. The van der Waals surface area contributed by atoms with Crippen LogP contribution in [-0.4, -0.2) is 4.98 Å². The molecule has 1 atom stereocenters. The maximum atomic E-state index is 13.1. The van der Waals surface area contributed by atoms with E-state index in [4.69, 9.17) is 0 Å². The predicted octanol–water partition coefficient (Wildman–Crippen LogP) is 5.00. The number of fused-ring (bicyclic) bond motifs is 1. The molecule has 0 saturated heterocycles. The lowest BCUT2D eigenvalue weighted by atomic mass is 10.0. The summed E-state index contributed by atoms with van der Waals surface area (Å²) < 4.78 is 14.3. The van der Waals surface area contributed by atoms with Crippen molar-refractivity contribution in [2.75, 3.05) is 5.32 Å². The Balaban J connectivity index is 1.63. The van der Waals surface area contributed by atoms with Gasteiger partial charge in [0, 0.05) is 5.69 Å². The molecule has 1 aliphatic carbocycles. The van der Waals surface area contributed by atoms with Gasteiger partial charge < -0.3 is 5.32 Å². The zero-order valence-electron chi connectivity index (χ0n) is 11.4. The maximum absolute atomic E-state index is 13.1. The summed E-state index contributed by atoms with van der Waals surface area (Å²) >= 11 is 1.65. The van der Waals surface area contributed by atoms with Crippen LogP contribution < -0.4 is 5.32 Å². The van der Waals surface area contributed by atoms with Gasteiger partial charge in [-0.05, 0) is 54.7 Å². The average Bonchev–Trinajstić information content (AvgIpc) is 3.23. The molecular formula is C17H15FN2S. The van der Waals surface area contributed by atoms with Gasteiger partial charge >= 0.3 is 0 Å². The molecule has 0 aliphatic heterocycles. The second kappa shape index (κ2) is 5.11. The lowest BCUT2D eigenvalue weighted by molar-refractivity contribution is 0.622. The Morgan fingerprint density at radius 2 is 1.95 bits per heavy atom. The van der Waals surface area contributed by atoms with Gasteiger partial charge in [-0.2, -0.15) is 0 Å². The number of halogens is 1. The Morgan fingerprint density at radius 1 is 1.14 bits per heavy atom. The van der Waals surface area contributed by atoms with Gasteiger partial charge in [0.2, 0.25) is 0 Å². The molecule has 3 aromatic rings. The molecule has 21 heavy (non-hydrogen) atoms. The lowest BCUT2D eigenvalue weighted by Gasteiger charge is -2.20. The van der Waals surface area contributed by atoms with E-state index >= 15 is 0 Å². The number of hydrogen-bond acceptors (Lipinski definition) is 3. The fraction of sp³-hybridized carbons (Fsp3) is 0.235. The van der Waals surface area contributed by atoms with Crippen LogP contribution in [0, 0.1) is 11.7 Å². The van der Waals surface area contributed by atoms with Crippen molar-refractivity contribution < 1.29 is 4.39 Å². The summed E-state index contributed by atoms with van der Waals surface area (Å²) in [5.41, 5.74) is 5.17. The first-order valence-electron chi connectivity index (χ1n) is 7.15. The van der Waals surface area contributed by atoms with Crippen LogP contribution in [0.15, 0.2) is 48.0 Å². The molecule has 2 aromatic carbocycles. The molecule has 1 aliphatic rings. The van der Waals surface area contributed by atoms with Crippen LogP contribution >= 0.6 is 11.3 Å². The van der Waals surface area contributed by atoms with Gasteiger partial charge in [-0.25, -0.2) is 9.37 Å². The van der Waals surface area contributed by atoms with Crippen LogP contribution in [0.25, 0.3) is 10.2 Å². The third-order valence-electron chi connectivity index (χ3n) is 3.98. The van der Waals surface area contributed by atoms with Gasteiger partial charge in [-0.1, -0.05) is 12.1 Å². The average molecular weight is 298 g/mol. The molecule has 0 radical (unpaired) electrons. The summed E-state index contributed by atoms with van der Waals surface area (Å²) in [6, 6.07) is 13.4. The van der Waals surface area contributed by atoms with E-state index in [9.17, 15) is 4.39 Å². The molecule has 1 heterocycles. The minimum Gasteiger partial charge on any atom is -0.378 e. The maximum Gasteiger partial charge on any atom is 0.123 e. The van der Waals surface area contributed by atoms with E-state index in [-0.39, 0.29) is 11.9 Å². The first-order valence-corrected chi connectivity index (χ1v) is 8.03. The highest BCUT2D eigenvalue weighted by atomic mass is 32.1. The van der Waals surface area contributed by atoms with Crippen molar-refractivity contribution in [2.24, 2.45) is 5.92 Å². The van der Waals surface area contributed by atoms with Crippen molar-refractivity contribution in [1.82, 2.24) is 4.98 Å². The summed E-state index contributed by atoms with van der Waals surface area (Å²) in [6.07, 6.45) is 2.47. The van der Waals surface area contributed by atoms with E-state index < -0.39 is 0 Å². The quantitative estimate of drug-likeness (QED) is 0.733. The third-order valence-corrected chi connectivity index (χ3v) is 4.77. The Bertz CT molecular complexity index is 762. The topological polar surface area (TPSA) is 24.9 Å². The first kappa shape index (κ1) is 12.8. The SMILES string of the molecule is Fc1ccc(C(Nc2ccc3ncsc3c2)C2CC2)cc1. The van der Waals surface area contributed by atoms with Gasteiger partial charge in [0.05, 0.1) is 21.8 Å². The fourth-order valence-corrected chi connectivity index (χ4v) is 3.41. The van der Waals surface area contributed by atoms with E-state index in [1.165, 1.54) is 17.5 Å². The van der Waals surface area contributed by atoms with Crippen LogP contribution in [0.3, 0.4) is 0 Å². The van der Waals surface area contributed by atoms with Gasteiger partial charge in [0.15, 0.2) is 0 Å². The molecule has 1 N–H and O–H groups in total. The number of benzene rings is 2. The monoisotopic (exact) mass is 298 g/mol. The summed E-state index contributed by atoms with van der Waals surface area (Å²) in [5.74, 6) is 0.465. The van der Waals surface area contributed by atoms with Crippen LogP contribution in [0.1, 0.15) is 24.4 Å². The molecule has 2 nitrogen and oxygen atoms in total. The smallest absolute Gasteiger partial charge is 0.123 e. The minimum atomic E-state index is -0.181. The van der Waals surface area contributed by atoms with E-state index in [1.807, 2.05) is 23.7 Å². The number of nitrogens with one attached hydrogen (secondary N) is 1. The summed E-state index contributed by atoms with van der Waals surface area (Å²) in [6.45, 7) is 0. The zero-order valence-corrected chi connectivity index (χ0v) is 12.2. The van der Waals surface area contributed by atoms with Gasteiger partial charge in [-0.3, -0.25) is 0 Å². The molecule has 0 spiro atoms. The highest BCUT2D eigenvalue weighted by Crippen LogP contribution is 2.43. The molecule has 1 unspecified atom stereocenters. The predicted molar refractivity (Wildman–Crippen MR) is 85.1 cm³/mol. The highest BCUT2D eigenvalue weighted by molar-refractivity contribution is 7.16. The van der Waals surface area contributed by atoms with E-state index in [2.05, 4.69) is 22.4 Å². The molecule has 1 aromatic heterocycles. The number of hydrogen-bond donors (Lipinski definition) is 1. The zero-order chi connectivity index (χ0) is 14.2. The van der Waals surface area contributed by atoms with Gasteiger partial charge in [0.1, 0.15) is 5.82 Å². The van der Waals surface area contributed by atoms with E-state index in [1.54, 1.807) is 23.5 Å². The van der Waals surface area contributed by atoms with Crippen molar-refractivity contribution >= 4 is 27.2 Å². The number of aromatic nitrogens is 1. The highest BCUT2D eigenvalue weighted by Gasteiger charge is 2.32. The summed E-state index contributed by atoms with van der Waals surface area (Å²) in [5, 5.41) is 3.62. The normalized spacial score (nSPS) is 16.0. The number of anilines is 1. The van der Waals surface area contributed by atoms with Crippen molar-refractivity contribution in [3.63, 3.8) is 0 Å². The second-order valence-corrected chi connectivity index (χ2v) is 6.43. The van der Waals surface area contributed by atoms with Crippen molar-refractivity contribution in [1.29, 1.82) is 0 Å². The molecule has 0 bridgehead atoms. The largest absolute Gasteiger partial charge is 0.378 e. The summed E-state index contributed by atoms with van der Waals surface area (Å²) in [4.78, 5) is 4.30. The Kier molecular flexibility index (Phi) is 3.11. The molecule has 4 rings (SSSR count). The fourth-order valence-electron chi connectivity index (χ4n) is 2.70. The van der Waals surface area contributed by atoms with Crippen LogP contribution in [0.4, 0.5) is 10.1 Å². The third kappa shape index (κ3) is 2.63. The van der Waals surface area contributed by atoms with Crippen molar-refractivity contribution in [3.05, 3.63) is 59.4 Å². The molecular weight excluding hydrogens is 283 g/mol. The molecule has 1 fully saturated rings. The molecule has 4 heteroatoms. The first-order chi connectivity index (χ1) is 10.3. The number of thiazole rings is 1. The Hall–Kier alpha value is -1.94. The van der Waals surface area contributed by atoms with Crippen LogP contribution in [-0.2, 0) is 0 Å². The lowest BCUT2D eigenvalue weighted by Crippen LogP contribution is -2.12. The second-order valence-electron chi connectivity index (χ2n) is 5.55. The molecule has 106 valence electrons. The Labute approximate surface area is 126 Å².